The minimum absolute atomic E-state index is 0.0255. The second-order valence-corrected chi connectivity index (χ2v) is 11.6. The molecule has 0 saturated carbocycles. The second-order valence-electron chi connectivity index (χ2n) is 11.2. The first-order chi connectivity index (χ1) is 21.8. The summed E-state index contributed by atoms with van der Waals surface area (Å²) in [5.74, 6) is 0.806. The Hall–Kier alpha value is -4.51. The maximum atomic E-state index is 13.5. The Kier molecular flexibility index (Phi) is 9.25. The summed E-state index contributed by atoms with van der Waals surface area (Å²) in [6.45, 7) is 3.29. The molecular weight excluding hydrogens is 595 g/mol. The zero-order valence-electron chi connectivity index (χ0n) is 25.2. The molecule has 45 heavy (non-hydrogen) atoms. The fraction of sp³-hybridized carbons (Fsp3) is 0.265. The third kappa shape index (κ3) is 7.25. The maximum absolute atomic E-state index is 13.5. The van der Waals surface area contributed by atoms with Gasteiger partial charge in [0.25, 0.3) is 5.91 Å². The summed E-state index contributed by atoms with van der Waals surface area (Å²) in [5.41, 5.74) is 4.78. The highest BCUT2D eigenvalue weighted by molar-refractivity contribution is 6.32. The lowest BCUT2D eigenvalue weighted by molar-refractivity contribution is 0.0302. The Bertz CT molecular complexity index is 1820. The van der Waals surface area contributed by atoms with Crippen molar-refractivity contribution in [2.24, 2.45) is 0 Å². The smallest absolute Gasteiger partial charge is 0.255 e. The minimum atomic E-state index is -0.314. The quantitative estimate of drug-likeness (QED) is 0.200. The highest BCUT2D eigenvalue weighted by atomic mass is 35.5. The molecule has 0 unspecified atom stereocenters. The van der Waals surface area contributed by atoms with Gasteiger partial charge in [-0.3, -0.25) is 4.79 Å². The van der Waals surface area contributed by atoms with Crippen molar-refractivity contribution in [3.63, 3.8) is 0 Å². The Morgan fingerprint density at radius 3 is 2.69 bits per heavy atom. The number of rotatable bonds is 10. The molecule has 1 aliphatic rings. The number of nitrogens with one attached hydrogen (secondary N) is 1. The van der Waals surface area contributed by atoms with Crippen LogP contribution in [0, 0.1) is 5.82 Å². The van der Waals surface area contributed by atoms with E-state index in [2.05, 4.69) is 20.2 Å². The van der Waals surface area contributed by atoms with Crippen molar-refractivity contribution in [1.29, 1.82) is 0 Å². The van der Waals surface area contributed by atoms with E-state index in [0.717, 1.165) is 35.1 Å². The highest BCUT2D eigenvalue weighted by Crippen LogP contribution is 2.32. The maximum Gasteiger partial charge on any atom is 0.255 e. The fourth-order valence-corrected chi connectivity index (χ4v) is 5.48. The van der Waals surface area contributed by atoms with E-state index in [4.69, 9.17) is 21.1 Å². The molecule has 1 amide bonds. The molecule has 2 aromatic heterocycles. The third-order valence-electron chi connectivity index (χ3n) is 7.66. The average molecular weight is 629 g/mol. The van der Waals surface area contributed by atoms with Crippen molar-refractivity contribution in [3.8, 4) is 11.4 Å². The number of amides is 1. The Labute approximate surface area is 266 Å². The van der Waals surface area contributed by atoms with Gasteiger partial charge in [0.15, 0.2) is 0 Å². The lowest BCUT2D eigenvalue weighted by Crippen LogP contribution is -2.40. The van der Waals surface area contributed by atoms with Gasteiger partial charge in [0.1, 0.15) is 30.3 Å². The lowest BCUT2D eigenvalue weighted by atomic mass is 10.1. The van der Waals surface area contributed by atoms with Gasteiger partial charge in [0, 0.05) is 48.8 Å². The molecule has 0 aliphatic carbocycles. The number of nitrogens with zero attached hydrogens (tertiary/aromatic N) is 5. The molecule has 0 radical (unpaired) electrons. The van der Waals surface area contributed by atoms with Crippen LogP contribution in [0.25, 0.3) is 16.6 Å². The van der Waals surface area contributed by atoms with E-state index in [1.54, 1.807) is 24.3 Å². The van der Waals surface area contributed by atoms with Crippen molar-refractivity contribution < 1.29 is 18.7 Å². The van der Waals surface area contributed by atoms with E-state index in [0.29, 0.717) is 59.7 Å². The number of carbonyl (C=O) groups is 1. The standard InChI is InChI=1S/C34H34ClFN6O3/c1-40(2)11-10-24-19-42(20-29(24)34(43)41-12-14-44-15-13-41)27-7-8-31-28(18-27)33(38-22-37-31)39-26-6-9-32(30(35)17-26)45-21-23-4-3-5-25(36)16-23/h3-9,16-20,22H,10-15,21H2,1-2H3,(H,37,38,39). The van der Waals surface area contributed by atoms with Gasteiger partial charge in [-0.2, -0.15) is 0 Å². The molecule has 0 atom stereocenters. The molecule has 232 valence electrons. The first kappa shape index (κ1) is 30.5. The molecule has 5 aromatic rings. The van der Waals surface area contributed by atoms with E-state index in [-0.39, 0.29) is 18.3 Å². The molecule has 3 heterocycles. The summed E-state index contributed by atoms with van der Waals surface area (Å²) in [4.78, 5) is 26.5. The molecule has 9 nitrogen and oxygen atoms in total. The van der Waals surface area contributed by atoms with Crippen LogP contribution in [0.5, 0.6) is 5.75 Å². The molecular formula is C34H34ClFN6O3. The Morgan fingerprint density at radius 2 is 1.91 bits per heavy atom. The zero-order valence-corrected chi connectivity index (χ0v) is 25.9. The first-order valence-electron chi connectivity index (χ1n) is 14.8. The van der Waals surface area contributed by atoms with Crippen molar-refractivity contribution in [2.75, 3.05) is 52.3 Å². The van der Waals surface area contributed by atoms with Crippen LogP contribution < -0.4 is 10.1 Å². The SMILES string of the molecule is CN(C)CCc1cn(-c2ccc3ncnc(Nc4ccc(OCc5cccc(F)c5)c(Cl)c4)c3c2)cc1C(=O)N1CCOCC1. The van der Waals surface area contributed by atoms with Gasteiger partial charge in [-0.1, -0.05) is 23.7 Å². The molecule has 1 aliphatic heterocycles. The number of halogens is 2. The molecule has 1 saturated heterocycles. The average Bonchev–Trinajstić information content (AvgIpc) is 3.48. The highest BCUT2D eigenvalue weighted by Gasteiger charge is 2.23. The van der Waals surface area contributed by atoms with Crippen LogP contribution in [0.2, 0.25) is 5.02 Å². The van der Waals surface area contributed by atoms with Gasteiger partial charge in [-0.25, -0.2) is 14.4 Å². The zero-order chi connectivity index (χ0) is 31.3. The van der Waals surface area contributed by atoms with Gasteiger partial charge in [-0.15, -0.1) is 0 Å². The Morgan fingerprint density at radius 1 is 1.07 bits per heavy atom. The van der Waals surface area contributed by atoms with Crippen LogP contribution in [0.3, 0.4) is 0 Å². The molecule has 0 spiro atoms. The van der Waals surface area contributed by atoms with E-state index >= 15 is 0 Å². The number of hydrogen-bond acceptors (Lipinski definition) is 7. The number of anilines is 2. The van der Waals surface area contributed by atoms with E-state index in [1.807, 2.05) is 60.2 Å². The summed E-state index contributed by atoms with van der Waals surface area (Å²) < 4.78 is 26.8. The summed E-state index contributed by atoms with van der Waals surface area (Å²) in [5, 5.41) is 4.57. The van der Waals surface area contributed by atoms with Gasteiger partial charge in [0.05, 0.1) is 29.3 Å². The Balaban J connectivity index is 1.25. The van der Waals surface area contributed by atoms with Crippen molar-refractivity contribution >= 4 is 39.9 Å². The number of fused-ring (bicyclic) bond motifs is 1. The predicted molar refractivity (Wildman–Crippen MR) is 173 cm³/mol. The number of morpholine rings is 1. The lowest BCUT2D eigenvalue weighted by Gasteiger charge is -2.27. The third-order valence-corrected chi connectivity index (χ3v) is 7.96. The van der Waals surface area contributed by atoms with E-state index in [1.165, 1.54) is 18.5 Å². The van der Waals surface area contributed by atoms with Gasteiger partial charge in [0.2, 0.25) is 0 Å². The summed E-state index contributed by atoms with van der Waals surface area (Å²) in [7, 11) is 4.05. The normalized spacial score (nSPS) is 13.4. The van der Waals surface area contributed by atoms with Crippen molar-refractivity contribution in [2.45, 2.75) is 13.0 Å². The summed E-state index contributed by atoms with van der Waals surface area (Å²) in [6, 6.07) is 17.6. The van der Waals surface area contributed by atoms with Crippen LogP contribution in [0.15, 0.2) is 79.4 Å². The molecule has 6 rings (SSSR count). The second kappa shape index (κ2) is 13.6. The number of benzene rings is 3. The van der Waals surface area contributed by atoms with Crippen molar-refractivity contribution in [1.82, 2.24) is 24.3 Å². The molecule has 1 fully saturated rings. The monoisotopic (exact) mass is 628 g/mol. The first-order valence-corrected chi connectivity index (χ1v) is 15.1. The molecule has 1 N–H and O–H groups in total. The van der Waals surface area contributed by atoms with Crippen LogP contribution in [0.4, 0.5) is 15.9 Å². The largest absolute Gasteiger partial charge is 0.487 e. The van der Waals surface area contributed by atoms with Crippen LogP contribution in [-0.2, 0) is 17.8 Å². The predicted octanol–water partition coefficient (Wildman–Crippen LogP) is 6.11. The number of likely N-dealkylation sites (N-methyl/N-ethyl adjacent to an activating group) is 1. The van der Waals surface area contributed by atoms with Crippen LogP contribution >= 0.6 is 11.6 Å². The van der Waals surface area contributed by atoms with Gasteiger partial charge in [-0.05, 0) is 80.2 Å². The molecule has 0 bridgehead atoms. The van der Waals surface area contributed by atoms with Crippen LogP contribution in [0.1, 0.15) is 21.5 Å². The van der Waals surface area contributed by atoms with E-state index in [9.17, 15) is 9.18 Å². The topological polar surface area (TPSA) is 84.8 Å². The molecule has 3 aromatic carbocycles. The molecule has 11 heteroatoms. The van der Waals surface area contributed by atoms with Gasteiger partial charge >= 0.3 is 0 Å². The summed E-state index contributed by atoms with van der Waals surface area (Å²) >= 11 is 6.54. The number of ether oxygens (including phenoxy) is 2. The number of carbonyl (C=O) groups excluding carboxylic acids is 1. The number of aromatic nitrogens is 3. The minimum Gasteiger partial charge on any atom is -0.487 e. The fourth-order valence-electron chi connectivity index (χ4n) is 5.24. The van der Waals surface area contributed by atoms with E-state index < -0.39 is 0 Å². The van der Waals surface area contributed by atoms with Crippen LogP contribution in [-0.4, -0.2) is 77.2 Å². The van der Waals surface area contributed by atoms with Gasteiger partial charge < -0.3 is 29.2 Å². The summed E-state index contributed by atoms with van der Waals surface area (Å²) in [6.07, 6.45) is 6.22. The number of hydrogen-bond donors (Lipinski definition) is 1. The van der Waals surface area contributed by atoms with Crippen molar-refractivity contribution in [3.05, 3.63) is 107 Å².